The summed E-state index contributed by atoms with van der Waals surface area (Å²) in [6, 6.07) is 0.827. The van der Waals surface area contributed by atoms with Crippen molar-refractivity contribution in [2.45, 2.75) is 12.5 Å². The van der Waals surface area contributed by atoms with E-state index in [0.29, 0.717) is 0 Å². The minimum Gasteiger partial charge on any atom is -0.497 e. The number of aliphatic carboxylic acids is 1. The van der Waals surface area contributed by atoms with E-state index in [4.69, 9.17) is 15.6 Å². The average Bonchev–Trinajstić information content (AvgIpc) is 2.24. The zero-order chi connectivity index (χ0) is 12.3. The maximum atomic E-state index is 13.3. The number of methoxy groups -OCH3 is 1. The van der Waals surface area contributed by atoms with Gasteiger partial charge in [-0.25, -0.2) is 8.78 Å². The van der Waals surface area contributed by atoms with E-state index in [1.807, 2.05) is 0 Å². The fourth-order valence-corrected chi connectivity index (χ4v) is 1.21. The molecule has 16 heavy (non-hydrogen) atoms. The van der Waals surface area contributed by atoms with Gasteiger partial charge in [-0.2, -0.15) is 0 Å². The van der Waals surface area contributed by atoms with E-state index in [1.165, 1.54) is 13.2 Å². The van der Waals surface area contributed by atoms with Gasteiger partial charge < -0.3 is 15.6 Å². The van der Waals surface area contributed by atoms with Crippen molar-refractivity contribution in [1.82, 2.24) is 0 Å². The summed E-state index contributed by atoms with van der Waals surface area (Å²) in [5.74, 6) is -3.35. The van der Waals surface area contributed by atoms with Crippen LogP contribution in [0.25, 0.3) is 0 Å². The van der Waals surface area contributed by atoms with Crippen molar-refractivity contribution in [3.05, 3.63) is 29.3 Å². The second-order valence-corrected chi connectivity index (χ2v) is 3.23. The number of carbonyl (C=O) groups is 1. The van der Waals surface area contributed by atoms with Crippen LogP contribution in [0.1, 0.15) is 5.56 Å². The van der Waals surface area contributed by atoms with Gasteiger partial charge in [0.1, 0.15) is 11.8 Å². The zero-order valence-corrected chi connectivity index (χ0v) is 8.54. The van der Waals surface area contributed by atoms with Gasteiger partial charge in [0.05, 0.1) is 7.11 Å². The second kappa shape index (κ2) is 4.89. The Morgan fingerprint density at radius 3 is 2.69 bits per heavy atom. The zero-order valence-electron chi connectivity index (χ0n) is 8.54. The second-order valence-electron chi connectivity index (χ2n) is 3.23. The van der Waals surface area contributed by atoms with E-state index < -0.39 is 23.6 Å². The maximum absolute atomic E-state index is 13.3. The number of halogens is 2. The minimum atomic E-state index is -1.28. The summed E-state index contributed by atoms with van der Waals surface area (Å²) in [5.41, 5.74) is 5.11. The van der Waals surface area contributed by atoms with E-state index in [2.05, 4.69) is 0 Å². The molecule has 0 radical (unpaired) electrons. The highest BCUT2D eigenvalue weighted by molar-refractivity contribution is 5.73. The summed E-state index contributed by atoms with van der Waals surface area (Å²) in [7, 11) is 1.30. The third-order valence-electron chi connectivity index (χ3n) is 2.07. The summed E-state index contributed by atoms with van der Waals surface area (Å²) in [6.45, 7) is 0. The molecule has 0 aromatic heterocycles. The number of carboxylic acid groups (broad SMARTS) is 1. The monoisotopic (exact) mass is 231 g/mol. The third kappa shape index (κ3) is 2.66. The van der Waals surface area contributed by atoms with Gasteiger partial charge in [0.2, 0.25) is 0 Å². The molecule has 1 aromatic carbocycles. The summed E-state index contributed by atoms with van der Waals surface area (Å²) in [5, 5.41) is 8.56. The first-order valence-corrected chi connectivity index (χ1v) is 4.46. The lowest BCUT2D eigenvalue weighted by atomic mass is 10.1. The van der Waals surface area contributed by atoms with Crippen molar-refractivity contribution in [1.29, 1.82) is 0 Å². The topological polar surface area (TPSA) is 72.5 Å². The van der Waals surface area contributed by atoms with Gasteiger partial charge in [-0.3, -0.25) is 4.79 Å². The molecule has 1 atom stereocenters. The highest BCUT2D eigenvalue weighted by Crippen LogP contribution is 2.21. The molecule has 0 aliphatic carbocycles. The molecule has 0 aliphatic rings. The van der Waals surface area contributed by atoms with Gasteiger partial charge in [0.25, 0.3) is 0 Å². The number of nitrogens with two attached hydrogens (primary N) is 1. The van der Waals surface area contributed by atoms with E-state index in [-0.39, 0.29) is 17.7 Å². The quantitative estimate of drug-likeness (QED) is 0.808. The molecular formula is C10H11F2NO3. The Morgan fingerprint density at radius 2 is 2.19 bits per heavy atom. The van der Waals surface area contributed by atoms with Crippen LogP contribution in [0.5, 0.6) is 5.75 Å². The number of hydrogen-bond acceptors (Lipinski definition) is 3. The molecule has 0 saturated carbocycles. The first-order valence-electron chi connectivity index (χ1n) is 4.46. The fraction of sp³-hybridized carbons (Fsp3) is 0.300. The molecule has 0 heterocycles. The van der Waals surface area contributed by atoms with Gasteiger partial charge >= 0.3 is 5.97 Å². The summed E-state index contributed by atoms with van der Waals surface area (Å²) >= 11 is 0. The molecule has 1 aromatic rings. The molecule has 0 spiro atoms. The molecule has 0 saturated heterocycles. The lowest BCUT2D eigenvalue weighted by molar-refractivity contribution is -0.138. The Labute approximate surface area is 90.6 Å². The molecule has 3 N–H and O–H groups in total. The Hall–Kier alpha value is -1.69. The van der Waals surface area contributed by atoms with Crippen molar-refractivity contribution < 1.29 is 23.4 Å². The van der Waals surface area contributed by atoms with Crippen molar-refractivity contribution in [2.75, 3.05) is 7.11 Å². The van der Waals surface area contributed by atoms with Gasteiger partial charge in [-0.05, 0) is 11.6 Å². The summed E-state index contributed by atoms with van der Waals surface area (Å²) in [4.78, 5) is 10.5. The predicted molar refractivity (Wildman–Crippen MR) is 52.2 cm³/mol. The number of carboxylic acids is 1. The third-order valence-corrected chi connectivity index (χ3v) is 2.07. The van der Waals surface area contributed by atoms with E-state index >= 15 is 0 Å². The molecule has 0 fully saturated rings. The number of hydrogen-bond donors (Lipinski definition) is 2. The molecule has 6 heteroatoms. The van der Waals surface area contributed by atoms with Crippen LogP contribution in [0.3, 0.4) is 0 Å². The molecule has 0 amide bonds. The van der Waals surface area contributed by atoms with Gasteiger partial charge in [0.15, 0.2) is 11.6 Å². The highest BCUT2D eigenvalue weighted by Gasteiger charge is 2.18. The highest BCUT2D eigenvalue weighted by atomic mass is 19.2. The van der Waals surface area contributed by atoms with Crippen LogP contribution in [0.15, 0.2) is 12.1 Å². The van der Waals surface area contributed by atoms with Crippen molar-refractivity contribution >= 4 is 5.97 Å². The lowest BCUT2D eigenvalue weighted by Crippen LogP contribution is -2.32. The van der Waals surface area contributed by atoms with Gasteiger partial charge in [-0.15, -0.1) is 0 Å². The fourth-order valence-electron chi connectivity index (χ4n) is 1.21. The largest absolute Gasteiger partial charge is 0.497 e. The SMILES string of the molecule is COc1cc(F)c(F)c(CC(N)C(=O)O)c1. The molecule has 88 valence electrons. The molecule has 0 aliphatic heterocycles. The van der Waals surface area contributed by atoms with Crippen LogP contribution < -0.4 is 10.5 Å². The molecule has 1 unspecified atom stereocenters. The van der Waals surface area contributed by atoms with Crippen LogP contribution in [0.2, 0.25) is 0 Å². The van der Waals surface area contributed by atoms with Crippen LogP contribution in [-0.2, 0) is 11.2 Å². The lowest BCUT2D eigenvalue weighted by Gasteiger charge is -2.09. The molecule has 4 nitrogen and oxygen atoms in total. The van der Waals surface area contributed by atoms with Crippen molar-refractivity contribution in [2.24, 2.45) is 5.73 Å². The first-order chi connectivity index (χ1) is 7.45. The molecule has 1 rings (SSSR count). The van der Waals surface area contributed by atoms with Crippen LogP contribution in [0.4, 0.5) is 8.78 Å². The van der Waals surface area contributed by atoms with Crippen LogP contribution in [-0.4, -0.2) is 24.2 Å². The maximum Gasteiger partial charge on any atom is 0.320 e. The van der Waals surface area contributed by atoms with E-state index in [9.17, 15) is 13.6 Å². The van der Waals surface area contributed by atoms with Crippen molar-refractivity contribution in [3.8, 4) is 5.75 Å². The van der Waals surface area contributed by atoms with Crippen LogP contribution in [0, 0.1) is 11.6 Å². The van der Waals surface area contributed by atoms with E-state index in [0.717, 1.165) is 6.07 Å². The van der Waals surface area contributed by atoms with Gasteiger partial charge in [0, 0.05) is 12.5 Å². The van der Waals surface area contributed by atoms with Crippen molar-refractivity contribution in [3.63, 3.8) is 0 Å². The number of rotatable bonds is 4. The number of ether oxygens (including phenoxy) is 1. The number of benzene rings is 1. The minimum absolute atomic E-state index is 0.117. The molecule has 0 bridgehead atoms. The Bertz CT molecular complexity index is 409. The molecular weight excluding hydrogens is 220 g/mol. The Balaban J connectivity index is 3.03. The Kier molecular flexibility index (Phi) is 3.78. The Morgan fingerprint density at radius 1 is 1.56 bits per heavy atom. The summed E-state index contributed by atoms with van der Waals surface area (Å²) < 4.78 is 31.0. The van der Waals surface area contributed by atoms with E-state index in [1.54, 1.807) is 0 Å². The smallest absolute Gasteiger partial charge is 0.320 e. The van der Waals surface area contributed by atoms with Crippen LogP contribution >= 0.6 is 0 Å². The van der Waals surface area contributed by atoms with Gasteiger partial charge in [-0.1, -0.05) is 0 Å². The normalized spacial score (nSPS) is 12.2. The summed E-state index contributed by atoms with van der Waals surface area (Å²) in [6.07, 6.45) is -0.296. The average molecular weight is 231 g/mol. The first kappa shape index (κ1) is 12.4. The standard InChI is InChI=1S/C10H11F2NO3/c1-16-6-2-5(3-8(13)10(14)15)9(12)7(11)4-6/h2,4,8H,3,13H2,1H3,(H,14,15). The predicted octanol–water partition coefficient (Wildman–Crippen LogP) is 0.928.